The molecule has 0 bridgehead atoms. The Morgan fingerprint density at radius 3 is 2.41 bits per heavy atom. The van der Waals surface area contributed by atoms with E-state index in [0.29, 0.717) is 11.4 Å². The molecule has 0 aliphatic carbocycles. The molecule has 0 heterocycles. The summed E-state index contributed by atoms with van der Waals surface area (Å²) < 4.78 is 28.6. The highest BCUT2D eigenvalue weighted by molar-refractivity contribution is 9.10. The lowest BCUT2D eigenvalue weighted by atomic mass is 10.2. The van der Waals surface area contributed by atoms with E-state index >= 15 is 0 Å². The van der Waals surface area contributed by atoms with Gasteiger partial charge in [-0.15, -0.1) is 6.58 Å². The van der Waals surface area contributed by atoms with E-state index in [0.717, 1.165) is 4.47 Å². The van der Waals surface area contributed by atoms with Gasteiger partial charge in [0, 0.05) is 15.7 Å². The van der Waals surface area contributed by atoms with Crippen molar-refractivity contribution in [2.45, 2.75) is 4.90 Å². The van der Waals surface area contributed by atoms with Gasteiger partial charge in [0.15, 0.2) is 0 Å². The first-order valence-electron chi connectivity index (χ1n) is 8.77. The molecule has 7 heteroatoms. The van der Waals surface area contributed by atoms with Crippen LogP contribution in [0.5, 0.6) is 0 Å². The Hall–Kier alpha value is -2.90. The minimum atomic E-state index is -3.88. The van der Waals surface area contributed by atoms with Crippen LogP contribution in [0.25, 0.3) is 0 Å². The third kappa shape index (κ3) is 4.93. The number of halogens is 1. The summed E-state index contributed by atoms with van der Waals surface area (Å²) in [6, 6.07) is 21.9. The molecule has 0 saturated heterocycles. The molecule has 1 amide bonds. The molecule has 3 rings (SSSR count). The van der Waals surface area contributed by atoms with Crippen LogP contribution < -0.4 is 9.62 Å². The predicted octanol–water partition coefficient (Wildman–Crippen LogP) is 5.08. The molecule has 29 heavy (non-hydrogen) atoms. The Labute approximate surface area is 178 Å². The van der Waals surface area contributed by atoms with Crippen LogP contribution in [0.4, 0.5) is 11.4 Å². The summed E-state index contributed by atoms with van der Waals surface area (Å²) in [5.74, 6) is -0.393. The van der Waals surface area contributed by atoms with Crippen molar-refractivity contribution in [3.05, 3.63) is 102 Å². The highest BCUT2D eigenvalue weighted by atomic mass is 79.9. The third-order valence-corrected chi connectivity index (χ3v) is 6.39. The topological polar surface area (TPSA) is 66.5 Å². The number of para-hydroxylation sites is 1. The highest BCUT2D eigenvalue weighted by Gasteiger charge is 2.24. The number of hydrogen-bond acceptors (Lipinski definition) is 3. The zero-order valence-electron chi connectivity index (χ0n) is 15.5. The number of sulfonamides is 1. The summed E-state index contributed by atoms with van der Waals surface area (Å²) in [6.45, 7) is 3.77. The molecule has 0 spiro atoms. The maximum atomic E-state index is 13.2. The molecule has 3 aromatic rings. The van der Waals surface area contributed by atoms with Gasteiger partial charge in [-0.1, -0.05) is 52.3 Å². The number of nitrogens with zero attached hydrogens (tertiary/aromatic N) is 1. The molecule has 0 saturated carbocycles. The molecule has 0 radical (unpaired) electrons. The fourth-order valence-corrected chi connectivity index (χ4v) is 4.63. The van der Waals surface area contributed by atoms with Crippen molar-refractivity contribution < 1.29 is 13.2 Å². The molecule has 1 N–H and O–H groups in total. The van der Waals surface area contributed by atoms with Crippen LogP contribution in [0.2, 0.25) is 0 Å². The second-order valence-electron chi connectivity index (χ2n) is 6.15. The standard InChI is InChI=1S/C22H19BrN2O3S/c1-2-14-25(20-11-4-3-5-12-20)29(27,28)21-13-6-8-17(15-21)22(26)24-19-10-7-9-18(23)16-19/h2-13,15-16H,1,14H2,(H,24,26). The molecule has 0 aliphatic heterocycles. The minimum Gasteiger partial charge on any atom is -0.322 e. The smallest absolute Gasteiger partial charge is 0.264 e. The number of rotatable bonds is 7. The fraction of sp³-hybridized carbons (Fsp3) is 0.0455. The number of hydrogen-bond donors (Lipinski definition) is 1. The van der Waals surface area contributed by atoms with Gasteiger partial charge in [0.1, 0.15) is 0 Å². The fourth-order valence-electron chi connectivity index (χ4n) is 2.75. The summed E-state index contributed by atoms with van der Waals surface area (Å²) >= 11 is 3.35. The van der Waals surface area contributed by atoms with Crippen molar-refractivity contribution in [2.75, 3.05) is 16.2 Å². The summed E-state index contributed by atoms with van der Waals surface area (Å²) in [4.78, 5) is 12.7. The highest BCUT2D eigenvalue weighted by Crippen LogP contribution is 2.24. The van der Waals surface area contributed by atoms with Gasteiger partial charge in [-0.25, -0.2) is 8.42 Å². The molecule has 0 aliphatic rings. The van der Waals surface area contributed by atoms with E-state index in [-0.39, 0.29) is 17.0 Å². The molecular formula is C22H19BrN2O3S. The van der Waals surface area contributed by atoms with Crippen LogP contribution in [-0.2, 0) is 10.0 Å². The SMILES string of the molecule is C=CCN(c1ccccc1)S(=O)(=O)c1cccc(C(=O)Nc2cccc(Br)c2)c1. The van der Waals surface area contributed by atoms with Gasteiger partial charge >= 0.3 is 0 Å². The molecule has 0 fully saturated rings. The van der Waals surface area contributed by atoms with Gasteiger partial charge in [0.25, 0.3) is 15.9 Å². The zero-order chi connectivity index (χ0) is 20.9. The van der Waals surface area contributed by atoms with Gasteiger partial charge < -0.3 is 5.32 Å². The van der Waals surface area contributed by atoms with Crippen molar-refractivity contribution in [3.63, 3.8) is 0 Å². The monoisotopic (exact) mass is 470 g/mol. The van der Waals surface area contributed by atoms with E-state index in [9.17, 15) is 13.2 Å². The van der Waals surface area contributed by atoms with Crippen molar-refractivity contribution in [1.29, 1.82) is 0 Å². The van der Waals surface area contributed by atoms with E-state index in [1.807, 2.05) is 12.1 Å². The first-order chi connectivity index (χ1) is 13.9. The van der Waals surface area contributed by atoms with Crippen LogP contribution in [-0.4, -0.2) is 20.9 Å². The van der Waals surface area contributed by atoms with Crippen molar-refractivity contribution >= 4 is 43.2 Å². The van der Waals surface area contributed by atoms with E-state index in [1.54, 1.807) is 54.6 Å². The number of amides is 1. The first kappa shape index (κ1) is 20.8. The van der Waals surface area contributed by atoms with Crippen molar-refractivity contribution in [1.82, 2.24) is 0 Å². The Bertz CT molecular complexity index is 1130. The van der Waals surface area contributed by atoms with Crippen LogP contribution in [0.15, 0.2) is 101 Å². The van der Waals surface area contributed by atoms with E-state index < -0.39 is 15.9 Å². The van der Waals surface area contributed by atoms with Crippen molar-refractivity contribution in [2.24, 2.45) is 0 Å². The quantitative estimate of drug-likeness (QED) is 0.489. The number of benzene rings is 3. The summed E-state index contributed by atoms with van der Waals surface area (Å²) in [6.07, 6.45) is 1.52. The summed E-state index contributed by atoms with van der Waals surface area (Å²) in [5, 5.41) is 2.77. The number of carbonyl (C=O) groups is 1. The second kappa shape index (κ2) is 9.07. The molecule has 0 aromatic heterocycles. The van der Waals surface area contributed by atoms with Crippen LogP contribution in [0, 0.1) is 0 Å². The second-order valence-corrected chi connectivity index (χ2v) is 8.93. The van der Waals surface area contributed by atoms with E-state index in [2.05, 4.69) is 27.8 Å². The zero-order valence-corrected chi connectivity index (χ0v) is 17.9. The lowest BCUT2D eigenvalue weighted by molar-refractivity contribution is 0.102. The first-order valence-corrected chi connectivity index (χ1v) is 11.0. The maximum absolute atomic E-state index is 13.2. The van der Waals surface area contributed by atoms with E-state index in [4.69, 9.17) is 0 Å². The molecular weight excluding hydrogens is 452 g/mol. The minimum absolute atomic E-state index is 0.0325. The number of carbonyl (C=O) groups excluding carboxylic acids is 1. The number of anilines is 2. The van der Waals surface area contributed by atoms with Gasteiger partial charge in [-0.05, 0) is 48.5 Å². The third-order valence-electron chi connectivity index (χ3n) is 4.11. The van der Waals surface area contributed by atoms with Gasteiger partial charge in [-0.2, -0.15) is 0 Å². The van der Waals surface area contributed by atoms with Crippen LogP contribution >= 0.6 is 15.9 Å². The molecule has 0 unspecified atom stereocenters. The molecule has 3 aromatic carbocycles. The Kier molecular flexibility index (Phi) is 6.51. The summed E-state index contributed by atoms with van der Waals surface area (Å²) in [7, 11) is -3.88. The average molecular weight is 471 g/mol. The van der Waals surface area contributed by atoms with Crippen molar-refractivity contribution in [3.8, 4) is 0 Å². The summed E-state index contributed by atoms with van der Waals surface area (Å²) in [5.41, 5.74) is 1.38. The normalized spacial score (nSPS) is 10.9. The van der Waals surface area contributed by atoms with Crippen LogP contribution in [0.3, 0.4) is 0 Å². The molecule has 5 nitrogen and oxygen atoms in total. The van der Waals surface area contributed by atoms with E-state index in [1.165, 1.54) is 22.5 Å². The Morgan fingerprint density at radius 1 is 1.00 bits per heavy atom. The average Bonchev–Trinajstić information content (AvgIpc) is 2.72. The predicted molar refractivity (Wildman–Crippen MR) is 120 cm³/mol. The van der Waals surface area contributed by atoms with Gasteiger partial charge in [-0.3, -0.25) is 9.10 Å². The maximum Gasteiger partial charge on any atom is 0.264 e. The van der Waals surface area contributed by atoms with Gasteiger partial charge in [0.05, 0.1) is 17.1 Å². The number of nitrogens with one attached hydrogen (secondary N) is 1. The lowest BCUT2D eigenvalue weighted by Crippen LogP contribution is -2.31. The van der Waals surface area contributed by atoms with Gasteiger partial charge in [0.2, 0.25) is 0 Å². The van der Waals surface area contributed by atoms with Crippen LogP contribution in [0.1, 0.15) is 10.4 Å². The largest absolute Gasteiger partial charge is 0.322 e. The molecule has 148 valence electrons. The Morgan fingerprint density at radius 2 is 1.72 bits per heavy atom. The lowest BCUT2D eigenvalue weighted by Gasteiger charge is -2.23. The molecule has 0 atom stereocenters. The Balaban J connectivity index is 1.92.